The Morgan fingerprint density at radius 1 is 1.04 bits per heavy atom. The van der Waals surface area contributed by atoms with Gasteiger partial charge in [-0.15, -0.1) is 0 Å². The van der Waals surface area contributed by atoms with Crippen LogP contribution in [0.1, 0.15) is 24.0 Å². The minimum Gasteiger partial charge on any atom is -0.388 e. The van der Waals surface area contributed by atoms with Gasteiger partial charge in [-0.2, -0.15) is 0 Å². The molecule has 1 aliphatic heterocycles. The first-order valence-electron chi connectivity index (χ1n) is 8.61. The summed E-state index contributed by atoms with van der Waals surface area (Å²) in [5, 5.41) is 16.1. The highest BCUT2D eigenvalue weighted by molar-refractivity contribution is 5.90. The molecule has 3 rings (SSSR count). The summed E-state index contributed by atoms with van der Waals surface area (Å²) in [4.78, 5) is 12.2. The maximum Gasteiger partial charge on any atom is 0.319 e. The lowest BCUT2D eigenvalue weighted by Crippen LogP contribution is -2.47. The first-order valence-corrected chi connectivity index (χ1v) is 8.61. The third-order valence-corrected chi connectivity index (χ3v) is 4.50. The molecule has 5 heteroatoms. The van der Waals surface area contributed by atoms with Gasteiger partial charge in [-0.1, -0.05) is 48.5 Å². The second-order valence-electron chi connectivity index (χ2n) is 6.46. The number of para-hydroxylation sites is 1. The van der Waals surface area contributed by atoms with Crippen LogP contribution in [0.5, 0.6) is 0 Å². The Bertz CT molecular complexity index is 697. The number of amides is 2. The molecule has 0 aromatic heterocycles. The number of anilines is 1. The van der Waals surface area contributed by atoms with Crippen LogP contribution in [0, 0.1) is 0 Å². The van der Waals surface area contributed by atoms with Crippen molar-refractivity contribution >= 4 is 11.7 Å². The van der Waals surface area contributed by atoms with E-state index >= 15 is 0 Å². The van der Waals surface area contributed by atoms with Crippen molar-refractivity contribution in [2.45, 2.75) is 24.9 Å². The second-order valence-corrected chi connectivity index (χ2v) is 6.46. The molecule has 0 radical (unpaired) electrons. The first kappa shape index (κ1) is 17.5. The van der Waals surface area contributed by atoms with Gasteiger partial charge in [0, 0.05) is 38.3 Å². The molecule has 0 atom stereocenters. The van der Waals surface area contributed by atoms with E-state index in [1.807, 2.05) is 42.5 Å². The summed E-state index contributed by atoms with van der Waals surface area (Å²) < 4.78 is 5.25. The van der Waals surface area contributed by atoms with Crippen LogP contribution in [0.2, 0.25) is 0 Å². The average Bonchev–Trinajstić information content (AvgIpc) is 2.63. The number of nitrogens with one attached hydrogen (secondary N) is 2. The maximum absolute atomic E-state index is 12.2. The lowest BCUT2D eigenvalue weighted by atomic mass is 9.94. The molecule has 0 unspecified atom stereocenters. The van der Waals surface area contributed by atoms with E-state index in [0.717, 1.165) is 17.7 Å². The number of hydrogen-bond donors (Lipinski definition) is 3. The van der Waals surface area contributed by atoms with E-state index in [-0.39, 0.29) is 12.6 Å². The highest BCUT2D eigenvalue weighted by Gasteiger charge is 2.30. The highest BCUT2D eigenvalue weighted by atomic mass is 16.5. The maximum atomic E-state index is 12.2. The first-order chi connectivity index (χ1) is 12.1. The van der Waals surface area contributed by atoms with Crippen molar-refractivity contribution in [2.24, 2.45) is 0 Å². The van der Waals surface area contributed by atoms with Crippen LogP contribution in [0.15, 0.2) is 54.6 Å². The smallest absolute Gasteiger partial charge is 0.319 e. The molecule has 1 saturated heterocycles. The Morgan fingerprint density at radius 2 is 1.72 bits per heavy atom. The zero-order valence-electron chi connectivity index (χ0n) is 14.2. The van der Waals surface area contributed by atoms with E-state index in [2.05, 4.69) is 22.8 Å². The molecule has 25 heavy (non-hydrogen) atoms. The molecule has 1 aliphatic rings. The number of rotatable bonds is 5. The fraction of sp³-hybridized carbons (Fsp3) is 0.350. The minimum atomic E-state index is -0.876. The number of benzene rings is 2. The Morgan fingerprint density at radius 3 is 2.48 bits per heavy atom. The number of ether oxygens (including phenoxy) is 1. The molecule has 1 fully saturated rings. The Kier molecular flexibility index (Phi) is 5.68. The predicted molar refractivity (Wildman–Crippen MR) is 97.7 cm³/mol. The Labute approximate surface area is 148 Å². The molecule has 132 valence electrons. The van der Waals surface area contributed by atoms with Gasteiger partial charge >= 0.3 is 6.03 Å². The second kappa shape index (κ2) is 8.14. The normalized spacial score (nSPS) is 16.2. The van der Waals surface area contributed by atoms with Crippen molar-refractivity contribution in [1.29, 1.82) is 0 Å². The van der Waals surface area contributed by atoms with Crippen molar-refractivity contribution in [3.8, 4) is 0 Å². The monoisotopic (exact) mass is 340 g/mol. The molecule has 1 heterocycles. The van der Waals surface area contributed by atoms with Gasteiger partial charge < -0.3 is 20.5 Å². The van der Waals surface area contributed by atoms with Gasteiger partial charge in [-0.3, -0.25) is 0 Å². The van der Waals surface area contributed by atoms with Crippen molar-refractivity contribution < 1.29 is 14.6 Å². The lowest BCUT2D eigenvalue weighted by molar-refractivity contribution is -0.0598. The van der Waals surface area contributed by atoms with Crippen molar-refractivity contribution in [2.75, 3.05) is 25.1 Å². The van der Waals surface area contributed by atoms with Crippen LogP contribution in [0.4, 0.5) is 10.5 Å². The van der Waals surface area contributed by atoms with Crippen LogP contribution in [0.25, 0.3) is 0 Å². The number of urea groups is 1. The average molecular weight is 340 g/mol. The van der Waals surface area contributed by atoms with Gasteiger partial charge in [0.25, 0.3) is 0 Å². The van der Waals surface area contributed by atoms with Gasteiger partial charge in [-0.25, -0.2) is 4.79 Å². The summed E-state index contributed by atoms with van der Waals surface area (Å²) in [5.74, 6) is 0. The molecule has 3 N–H and O–H groups in total. The number of carbonyl (C=O) groups is 1. The largest absolute Gasteiger partial charge is 0.388 e. The summed E-state index contributed by atoms with van der Waals surface area (Å²) >= 11 is 0. The fourth-order valence-electron chi connectivity index (χ4n) is 2.95. The van der Waals surface area contributed by atoms with Crippen molar-refractivity contribution in [1.82, 2.24) is 5.32 Å². The van der Waals surface area contributed by atoms with E-state index in [1.165, 1.54) is 5.56 Å². The highest BCUT2D eigenvalue weighted by Crippen LogP contribution is 2.21. The molecular weight excluding hydrogens is 316 g/mol. The molecule has 0 bridgehead atoms. The summed E-state index contributed by atoms with van der Waals surface area (Å²) in [6.07, 6.45) is 1.83. The number of aliphatic hydroxyl groups is 1. The summed E-state index contributed by atoms with van der Waals surface area (Å²) in [5.41, 5.74) is 2.14. The van der Waals surface area contributed by atoms with E-state index in [0.29, 0.717) is 26.1 Å². The Balaban J connectivity index is 1.59. The van der Waals surface area contributed by atoms with E-state index in [1.54, 1.807) is 0 Å². The topological polar surface area (TPSA) is 70.6 Å². The standard InChI is InChI=1S/C20H24N2O3/c23-19(21-15-20(24)10-12-25-13-11-20)22-18-9-5-4-8-17(18)14-16-6-2-1-3-7-16/h1-9,24H,10-15H2,(H2,21,22,23). The van der Waals surface area contributed by atoms with Crippen LogP contribution in [0.3, 0.4) is 0 Å². The molecule has 2 aromatic carbocycles. The van der Waals surface area contributed by atoms with Crippen LogP contribution in [-0.2, 0) is 11.2 Å². The number of carbonyl (C=O) groups excluding carboxylic acids is 1. The zero-order chi connectivity index (χ0) is 17.5. The SMILES string of the molecule is O=C(NCC1(O)CCOCC1)Nc1ccccc1Cc1ccccc1. The molecule has 0 saturated carbocycles. The molecular formula is C20H24N2O3. The van der Waals surface area contributed by atoms with Crippen LogP contribution in [-0.4, -0.2) is 36.5 Å². The molecule has 2 aromatic rings. The lowest BCUT2D eigenvalue weighted by Gasteiger charge is -2.32. The van der Waals surface area contributed by atoms with Gasteiger partial charge in [0.15, 0.2) is 0 Å². The molecule has 0 spiro atoms. The fourth-order valence-corrected chi connectivity index (χ4v) is 2.95. The summed E-state index contributed by atoms with van der Waals surface area (Å²) in [6, 6.07) is 17.6. The molecule has 0 aliphatic carbocycles. The quantitative estimate of drug-likeness (QED) is 0.784. The van der Waals surface area contributed by atoms with Gasteiger partial charge in [0.05, 0.1) is 5.60 Å². The summed E-state index contributed by atoms with van der Waals surface area (Å²) in [6.45, 7) is 1.28. The van der Waals surface area contributed by atoms with E-state index in [4.69, 9.17) is 4.74 Å². The molecule has 2 amide bonds. The van der Waals surface area contributed by atoms with Gasteiger partial charge in [-0.05, 0) is 23.6 Å². The van der Waals surface area contributed by atoms with Crippen LogP contribution < -0.4 is 10.6 Å². The van der Waals surface area contributed by atoms with E-state index in [9.17, 15) is 9.90 Å². The minimum absolute atomic E-state index is 0.225. The Hall–Kier alpha value is -2.37. The summed E-state index contributed by atoms with van der Waals surface area (Å²) in [7, 11) is 0. The predicted octanol–water partition coefficient (Wildman–Crippen LogP) is 2.94. The molecule has 5 nitrogen and oxygen atoms in total. The van der Waals surface area contributed by atoms with Crippen LogP contribution >= 0.6 is 0 Å². The van der Waals surface area contributed by atoms with Gasteiger partial charge in [0.2, 0.25) is 0 Å². The van der Waals surface area contributed by atoms with Crippen molar-refractivity contribution in [3.05, 3.63) is 65.7 Å². The van der Waals surface area contributed by atoms with Crippen molar-refractivity contribution in [3.63, 3.8) is 0 Å². The third-order valence-electron chi connectivity index (χ3n) is 4.50. The zero-order valence-corrected chi connectivity index (χ0v) is 14.2. The van der Waals surface area contributed by atoms with E-state index < -0.39 is 5.60 Å². The third kappa shape index (κ3) is 5.05. The van der Waals surface area contributed by atoms with Gasteiger partial charge in [0.1, 0.15) is 0 Å². The number of hydrogen-bond acceptors (Lipinski definition) is 3.